The Labute approximate surface area is 52.0 Å². The number of hydrogen-bond donors (Lipinski definition) is 0. The van der Waals surface area contributed by atoms with Crippen molar-refractivity contribution < 1.29 is 0 Å². The van der Waals surface area contributed by atoms with Gasteiger partial charge in [-0.2, -0.15) is 0 Å². The molecule has 0 amide bonds. The second-order valence-corrected chi connectivity index (χ2v) is 2.01. The Bertz CT molecular complexity index is 19.5. The van der Waals surface area contributed by atoms with Crippen LogP contribution < -0.4 is 0 Å². The van der Waals surface area contributed by atoms with Gasteiger partial charge in [0.2, 0.25) is 0 Å². The molecule has 0 aliphatic heterocycles. The minimum atomic E-state index is 0.766. The van der Waals surface area contributed by atoms with E-state index in [1.165, 1.54) is 0 Å². The van der Waals surface area contributed by atoms with E-state index in [1.54, 1.807) is 0 Å². The van der Waals surface area contributed by atoms with Crippen LogP contribution in [0.3, 0.4) is 0 Å². The van der Waals surface area contributed by atoms with Gasteiger partial charge in [0.05, 0.1) is 0 Å². The van der Waals surface area contributed by atoms with Crippen molar-refractivity contribution in [1.29, 1.82) is 0 Å². The first-order valence-corrected chi connectivity index (χ1v) is 3.34. The number of alkyl halides is 1. The van der Waals surface area contributed by atoms with E-state index in [-0.39, 0.29) is 0 Å². The van der Waals surface area contributed by atoms with Gasteiger partial charge in [-0.25, -0.2) is 0 Å². The van der Waals surface area contributed by atoms with Gasteiger partial charge in [-0.1, -0.05) is 15.9 Å². The Hall–Kier alpha value is 0.770. The fraction of sp³-hybridized carbons (Fsp3) is 0.750. The highest BCUT2D eigenvalue weighted by Gasteiger charge is 1.78. The molecule has 0 aromatic rings. The van der Waals surface area contributed by atoms with E-state index in [0.29, 0.717) is 0 Å². The molecule has 37 valence electrons. The highest BCUT2D eigenvalue weighted by Crippen LogP contribution is 1.99. The molecule has 0 saturated carbocycles. The van der Waals surface area contributed by atoms with Gasteiger partial charge in [-0.15, -0.1) is 11.6 Å². The molecule has 0 rings (SSSR count). The van der Waals surface area contributed by atoms with Gasteiger partial charge in [0.1, 0.15) is 0 Å². The maximum atomic E-state index is 5.34. The molecular formula is C4H7BrCl. The Kier molecular flexibility index (Phi) is 6.51. The predicted octanol–water partition coefficient (Wildman–Crippen LogP) is 2.56. The zero-order valence-electron chi connectivity index (χ0n) is 3.45. The molecule has 0 saturated heterocycles. The lowest BCUT2D eigenvalue weighted by Crippen LogP contribution is -1.69. The summed E-state index contributed by atoms with van der Waals surface area (Å²) in [7, 11) is 0. The smallest absolute Gasteiger partial charge is 0.0271 e. The molecule has 6 heavy (non-hydrogen) atoms. The molecule has 2 heteroatoms. The molecule has 0 aliphatic rings. The monoisotopic (exact) mass is 169 g/mol. The van der Waals surface area contributed by atoms with Crippen LogP contribution in [-0.4, -0.2) is 5.88 Å². The second-order valence-electron chi connectivity index (χ2n) is 0.986. The molecule has 0 nitrogen and oxygen atoms in total. The molecule has 0 unspecified atom stereocenters. The van der Waals surface area contributed by atoms with Crippen LogP contribution in [0, 0.1) is 5.33 Å². The lowest BCUT2D eigenvalue weighted by molar-refractivity contribution is 0.955. The molecule has 0 bridgehead atoms. The third kappa shape index (κ3) is 4.77. The van der Waals surface area contributed by atoms with Crippen molar-refractivity contribution in [3.05, 3.63) is 5.33 Å². The van der Waals surface area contributed by atoms with Gasteiger partial charge >= 0.3 is 0 Å². The normalized spacial score (nSPS) is 9.00. The number of halogens is 2. The predicted molar refractivity (Wildman–Crippen MR) is 33.2 cm³/mol. The summed E-state index contributed by atoms with van der Waals surface area (Å²) in [5, 5.41) is 1.94. The van der Waals surface area contributed by atoms with Crippen LogP contribution >= 0.6 is 27.5 Å². The number of unbranched alkanes of at least 4 members (excludes halogenated alkanes) is 1. The number of rotatable bonds is 3. The Morgan fingerprint density at radius 2 is 2.33 bits per heavy atom. The largest absolute Gasteiger partial charge is 0.127 e. The summed E-state index contributed by atoms with van der Waals surface area (Å²) in [4.78, 5) is 0. The van der Waals surface area contributed by atoms with Gasteiger partial charge in [0.15, 0.2) is 0 Å². The Morgan fingerprint density at radius 1 is 1.67 bits per heavy atom. The van der Waals surface area contributed by atoms with Crippen molar-refractivity contribution in [2.24, 2.45) is 0 Å². The molecule has 0 N–H and O–H groups in total. The van der Waals surface area contributed by atoms with E-state index < -0.39 is 0 Å². The average Bonchev–Trinajstić information content (AvgIpc) is 1.61. The van der Waals surface area contributed by atoms with Crippen LogP contribution in [0.25, 0.3) is 0 Å². The van der Waals surface area contributed by atoms with Crippen LogP contribution in [0.5, 0.6) is 0 Å². The van der Waals surface area contributed by atoms with Crippen LogP contribution in [0.1, 0.15) is 12.8 Å². The van der Waals surface area contributed by atoms with Crippen LogP contribution in [0.15, 0.2) is 0 Å². The standard InChI is InChI=1S/C4H7BrCl/c5-3-1-2-4-6/h3H,1-2,4H2. The fourth-order valence-electron chi connectivity index (χ4n) is 0.154. The summed E-state index contributed by atoms with van der Waals surface area (Å²) in [5.74, 6) is 0.766. The summed E-state index contributed by atoms with van der Waals surface area (Å²) in [6.45, 7) is 0. The highest BCUT2D eigenvalue weighted by molar-refractivity contribution is 9.10. The average molecular weight is 170 g/mol. The van der Waals surface area contributed by atoms with Crippen LogP contribution in [0.4, 0.5) is 0 Å². The van der Waals surface area contributed by atoms with Crippen molar-refractivity contribution in [3.8, 4) is 0 Å². The molecular weight excluding hydrogens is 163 g/mol. The minimum absolute atomic E-state index is 0.766. The second kappa shape index (κ2) is 5.77. The van der Waals surface area contributed by atoms with Gasteiger partial charge < -0.3 is 0 Å². The SMILES string of the molecule is ClCCC[CH]Br. The maximum absolute atomic E-state index is 5.34. The summed E-state index contributed by atoms with van der Waals surface area (Å²) in [5.41, 5.74) is 0. The third-order valence-electron chi connectivity index (χ3n) is 0.447. The van der Waals surface area contributed by atoms with E-state index in [0.717, 1.165) is 18.7 Å². The summed E-state index contributed by atoms with van der Waals surface area (Å²) in [6.07, 6.45) is 2.15. The molecule has 1 radical (unpaired) electrons. The molecule has 0 spiro atoms. The van der Waals surface area contributed by atoms with Crippen molar-refractivity contribution in [3.63, 3.8) is 0 Å². The molecule has 0 fully saturated rings. The zero-order chi connectivity index (χ0) is 4.83. The fourth-order valence-corrected chi connectivity index (χ4v) is 0.632. The first-order valence-electron chi connectivity index (χ1n) is 1.89. The molecule has 0 aliphatic carbocycles. The molecule has 0 heterocycles. The van der Waals surface area contributed by atoms with Crippen molar-refractivity contribution in [1.82, 2.24) is 0 Å². The summed E-state index contributed by atoms with van der Waals surface area (Å²) < 4.78 is 0. The maximum Gasteiger partial charge on any atom is 0.0271 e. The van der Waals surface area contributed by atoms with E-state index in [2.05, 4.69) is 15.9 Å². The zero-order valence-corrected chi connectivity index (χ0v) is 5.80. The Balaban J connectivity index is 2.34. The van der Waals surface area contributed by atoms with Crippen LogP contribution in [-0.2, 0) is 0 Å². The quantitative estimate of drug-likeness (QED) is 0.451. The van der Waals surface area contributed by atoms with Crippen molar-refractivity contribution >= 4 is 27.5 Å². The number of hydrogen-bond acceptors (Lipinski definition) is 0. The van der Waals surface area contributed by atoms with E-state index in [9.17, 15) is 0 Å². The van der Waals surface area contributed by atoms with E-state index >= 15 is 0 Å². The van der Waals surface area contributed by atoms with Crippen molar-refractivity contribution in [2.75, 3.05) is 5.88 Å². The van der Waals surface area contributed by atoms with Crippen LogP contribution in [0.2, 0.25) is 0 Å². The topological polar surface area (TPSA) is 0 Å². The molecule has 0 aromatic heterocycles. The van der Waals surface area contributed by atoms with Gasteiger partial charge in [-0.05, 0) is 12.8 Å². The lowest BCUT2D eigenvalue weighted by Gasteiger charge is -1.83. The molecule has 0 atom stereocenters. The van der Waals surface area contributed by atoms with E-state index in [1.807, 2.05) is 5.33 Å². The Morgan fingerprint density at radius 3 is 2.50 bits per heavy atom. The highest BCUT2D eigenvalue weighted by atomic mass is 79.9. The first-order chi connectivity index (χ1) is 2.91. The van der Waals surface area contributed by atoms with Gasteiger partial charge in [0, 0.05) is 11.2 Å². The van der Waals surface area contributed by atoms with Gasteiger partial charge in [0.25, 0.3) is 0 Å². The summed E-state index contributed by atoms with van der Waals surface area (Å²) in [6, 6.07) is 0. The molecule has 0 aromatic carbocycles. The lowest BCUT2D eigenvalue weighted by atomic mass is 10.4. The van der Waals surface area contributed by atoms with Crippen molar-refractivity contribution in [2.45, 2.75) is 12.8 Å². The van der Waals surface area contributed by atoms with E-state index in [4.69, 9.17) is 11.6 Å². The minimum Gasteiger partial charge on any atom is -0.127 e. The first kappa shape index (κ1) is 6.77. The third-order valence-corrected chi connectivity index (χ3v) is 1.17. The summed E-state index contributed by atoms with van der Waals surface area (Å²) >= 11 is 8.51. The van der Waals surface area contributed by atoms with Gasteiger partial charge in [-0.3, -0.25) is 0 Å².